The Morgan fingerprint density at radius 1 is 1.21 bits per heavy atom. The van der Waals surface area contributed by atoms with Crippen LogP contribution in [0, 0.1) is 0 Å². The largest absolute Gasteiger partial charge is 0.492 e. The number of rotatable bonds is 7. The van der Waals surface area contributed by atoms with Crippen LogP contribution in [0.2, 0.25) is 0 Å². The minimum atomic E-state index is 0.710. The average Bonchev–Trinajstić information content (AvgIpc) is 2.89. The van der Waals surface area contributed by atoms with E-state index in [1.165, 1.54) is 4.88 Å². The van der Waals surface area contributed by atoms with Gasteiger partial charge in [0.1, 0.15) is 12.4 Å². The molecule has 0 aliphatic heterocycles. The lowest BCUT2D eigenvalue weighted by Crippen LogP contribution is -2.19. The van der Waals surface area contributed by atoms with Gasteiger partial charge in [-0.2, -0.15) is 0 Å². The number of nitrogens with zero attached hydrogens (tertiary/aromatic N) is 1. The zero-order valence-corrected chi connectivity index (χ0v) is 12.2. The second kappa shape index (κ2) is 7.16. The average molecular weight is 276 g/mol. The molecule has 0 saturated heterocycles. The number of thiophene rings is 1. The van der Waals surface area contributed by atoms with Crippen LogP contribution in [0.25, 0.3) is 0 Å². The van der Waals surface area contributed by atoms with Gasteiger partial charge in [-0.1, -0.05) is 12.1 Å². The third-order valence-electron chi connectivity index (χ3n) is 2.69. The summed E-state index contributed by atoms with van der Waals surface area (Å²) in [5.74, 6) is 0.915. The van der Waals surface area contributed by atoms with E-state index in [9.17, 15) is 0 Å². The summed E-state index contributed by atoms with van der Waals surface area (Å²) in [6, 6.07) is 12.3. The highest BCUT2D eigenvalue weighted by Crippen LogP contribution is 2.19. The lowest BCUT2D eigenvalue weighted by Gasteiger charge is -2.12. The minimum absolute atomic E-state index is 0.710. The fourth-order valence-corrected chi connectivity index (χ4v) is 2.29. The molecule has 4 heteroatoms. The normalized spacial score (nSPS) is 10.7. The Balaban J connectivity index is 1.84. The lowest BCUT2D eigenvalue weighted by atomic mass is 10.3. The molecule has 0 amide bonds. The number of hydrogen-bond donors (Lipinski definition) is 1. The highest BCUT2D eigenvalue weighted by molar-refractivity contribution is 7.09. The predicted molar refractivity (Wildman–Crippen MR) is 82.1 cm³/mol. The van der Waals surface area contributed by atoms with E-state index in [0.717, 1.165) is 24.5 Å². The number of nitrogens with one attached hydrogen (secondary N) is 1. The highest BCUT2D eigenvalue weighted by Gasteiger charge is 1.98. The van der Waals surface area contributed by atoms with Crippen LogP contribution in [-0.2, 0) is 6.54 Å². The summed E-state index contributed by atoms with van der Waals surface area (Å²) in [6.45, 7) is 2.49. The first-order chi connectivity index (χ1) is 9.24. The molecule has 1 N–H and O–H groups in total. The summed E-state index contributed by atoms with van der Waals surface area (Å²) < 4.78 is 5.72. The van der Waals surface area contributed by atoms with Crippen LogP contribution < -0.4 is 10.1 Å². The van der Waals surface area contributed by atoms with Crippen molar-refractivity contribution in [2.75, 3.05) is 32.6 Å². The summed E-state index contributed by atoms with van der Waals surface area (Å²) in [5.41, 5.74) is 1.09. The first kappa shape index (κ1) is 13.9. The van der Waals surface area contributed by atoms with E-state index in [4.69, 9.17) is 4.74 Å². The molecule has 2 rings (SSSR count). The fraction of sp³-hybridized carbons (Fsp3) is 0.333. The smallest absolute Gasteiger partial charge is 0.121 e. The molecule has 1 aromatic carbocycles. The molecular weight excluding hydrogens is 256 g/mol. The molecule has 1 aromatic heterocycles. The SMILES string of the molecule is CN(C)CCOc1cccc(NCc2cccs2)c1. The number of anilines is 1. The Bertz CT molecular complexity index is 483. The van der Waals surface area contributed by atoms with Crippen molar-refractivity contribution in [3.8, 4) is 5.75 Å². The Morgan fingerprint density at radius 3 is 2.84 bits per heavy atom. The van der Waals surface area contributed by atoms with Crippen molar-refractivity contribution in [1.29, 1.82) is 0 Å². The van der Waals surface area contributed by atoms with Crippen molar-refractivity contribution >= 4 is 17.0 Å². The summed E-state index contributed by atoms with van der Waals surface area (Å²) in [7, 11) is 4.09. The van der Waals surface area contributed by atoms with Crippen LogP contribution in [0.4, 0.5) is 5.69 Å². The number of ether oxygens (including phenoxy) is 1. The van der Waals surface area contributed by atoms with Gasteiger partial charge in [0, 0.05) is 29.7 Å². The van der Waals surface area contributed by atoms with Gasteiger partial charge in [0.15, 0.2) is 0 Å². The van der Waals surface area contributed by atoms with Gasteiger partial charge in [-0.15, -0.1) is 11.3 Å². The van der Waals surface area contributed by atoms with E-state index in [1.54, 1.807) is 11.3 Å². The number of likely N-dealkylation sites (N-methyl/N-ethyl adjacent to an activating group) is 1. The maximum absolute atomic E-state index is 5.72. The molecular formula is C15H20N2OS. The van der Waals surface area contributed by atoms with Gasteiger partial charge in [-0.3, -0.25) is 0 Å². The quantitative estimate of drug-likeness (QED) is 0.839. The molecule has 0 bridgehead atoms. The van der Waals surface area contributed by atoms with Crippen molar-refractivity contribution in [3.05, 3.63) is 46.7 Å². The van der Waals surface area contributed by atoms with Crippen molar-refractivity contribution < 1.29 is 4.74 Å². The molecule has 0 fully saturated rings. The van der Waals surface area contributed by atoms with Gasteiger partial charge < -0.3 is 15.0 Å². The molecule has 2 aromatic rings. The Labute approximate surface area is 118 Å². The van der Waals surface area contributed by atoms with Gasteiger partial charge in [0.25, 0.3) is 0 Å². The van der Waals surface area contributed by atoms with Crippen LogP contribution >= 0.6 is 11.3 Å². The van der Waals surface area contributed by atoms with Gasteiger partial charge >= 0.3 is 0 Å². The second-order valence-corrected chi connectivity index (χ2v) is 5.64. The molecule has 0 aliphatic rings. The van der Waals surface area contributed by atoms with E-state index < -0.39 is 0 Å². The summed E-state index contributed by atoms with van der Waals surface area (Å²) >= 11 is 1.76. The number of hydrogen-bond acceptors (Lipinski definition) is 4. The number of benzene rings is 1. The third-order valence-corrected chi connectivity index (χ3v) is 3.56. The van der Waals surface area contributed by atoms with Gasteiger partial charge in [0.2, 0.25) is 0 Å². The topological polar surface area (TPSA) is 24.5 Å². The van der Waals surface area contributed by atoms with Crippen LogP contribution in [0.5, 0.6) is 5.75 Å². The molecule has 0 atom stereocenters. The molecule has 102 valence electrons. The highest BCUT2D eigenvalue weighted by atomic mass is 32.1. The second-order valence-electron chi connectivity index (χ2n) is 4.61. The molecule has 0 saturated carbocycles. The van der Waals surface area contributed by atoms with E-state index in [-0.39, 0.29) is 0 Å². The predicted octanol–water partition coefficient (Wildman–Crippen LogP) is 3.30. The minimum Gasteiger partial charge on any atom is -0.492 e. The zero-order chi connectivity index (χ0) is 13.5. The molecule has 0 aliphatic carbocycles. The summed E-state index contributed by atoms with van der Waals surface area (Å²) in [6.07, 6.45) is 0. The van der Waals surface area contributed by atoms with Gasteiger partial charge in [0.05, 0.1) is 0 Å². The fourth-order valence-electron chi connectivity index (χ4n) is 1.64. The zero-order valence-electron chi connectivity index (χ0n) is 11.4. The van der Waals surface area contributed by atoms with Crippen molar-refractivity contribution in [1.82, 2.24) is 4.90 Å². The van der Waals surface area contributed by atoms with Crippen LogP contribution in [0.3, 0.4) is 0 Å². The van der Waals surface area contributed by atoms with E-state index >= 15 is 0 Å². The van der Waals surface area contributed by atoms with Crippen LogP contribution in [-0.4, -0.2) is 32.1 Å². The van der Waals surface area contributed by atoms with Crippen LogP contribution in [0.1, 0.15) is 4.88 Å². The molecule has 3 nitrogen and oxygen atoms in total. The molecule has 1 heterocycles. The first-order valence-corrected chi connectivity index (χ1v) is 7.26. The van der Waals surface area contributed by atoms with Crippen LogP contribution in [0.15, 0.2) is 41.8 Å². The first-order valence-electron chi connectivity index (χ1n) is 6.38. The van der Waals surface area contributed by atoms with Gasteiger partial charge in [-0.05, 0) is 37.7 Å². The Kier molecular flexibility index (Phi) is 5.24. The molecule has 0 radical (unpaired) electrons. The molecule has 19 heavy (non-hydrogen) atoms. The Morgan fingerprint density at radius 2 is 2.11 bits per heavy atom. The van der Waals surface area contributed by atoms with Crippen molar-refractivity contribution in [2.45, 2.75) is 6.54 Å². The maximum Gasteiger partial charge on any atom is 0.121 e. The molecule has 0 unspecified atom stereocenters. The molecule has 0 spiro atoms. The third kappa shape index (κ3) is 4.93. The maximum atomic E-state index is 5.72. The Hall–Kier alpha value is -1.52. The van der Waals surface area contributed by atoms with E-state index in [1.807, 2.05) is 32.3 Å². The standard InChI is InChI=1S/C15H20N2OS/c1-17(2)8-9-18-14-6-3-5-13(11-14)16-12-15-7-4-10-19-15/h3-7,10-11,16H,8-9,12H2,1-2H3. The van der Waals surface area contributed by atoms with E-state index in [2.05, 4.69) is 33.8 Å². The summed E-state index contributed by atoms with van der Waals surface area (Å²) in [5, 5.41) is 5.50. The van der Waals surface area contributed by atoms with E-state index in [0.29, 0.717) is 6.61 Å². The lowest BCUT2D eigenvalue weighted by molar-refractivity contribution is 0.261. The van der Waals surface area contributed by atoms with Gasteiger partial charge in [-0.25, -0.2) is 0 Å². The summed E-state index contributed by atoms with van der Waals surface area (Å²) in [4.78, 5) is 3.44. The monoisotopic (exact) mass is 276 g/mol. The van der Waals surface area contributed by atoms with Crippen molar-refractivity contribution in [3.63, 3.8) is 0 Å². The van der Waals surface area contributed by atoms with Crippen molar-refractivity contribution in [2.24, 2.45) is 0 Å².